The van der Waals surface area contributed by atoms with Crippen molar-refractivity contribution in [2.75, 3.05) is 13.1 Å². The Morgan fingerprint density at radius 1 is 1.30 bits per heavy atom. The van der Waals surface area contributed by atoms with Gasteiger partial charge in [-0.1, -0.05) is 18.2 Å². The fourth-order valence-corrected chi connectivity index (χ4v) is 3.92. The van der Waals surface area contributed by atoms with E-state index in [4.69, 9.17) is 0 Å². The first-order valence-corrected chi connectivity index (χ1v) is 8.29. The third-order valence-electron chi connectivity index (χ3n) is 5.10. The van der Waals surface area contributed by atoms with Gasteiger partial charge in [-0.25, -0.2) is 0 Å². The molecule has 0 saturated carbocycles. The van der Waals surface area contributed by atoms with Crippen LogP contribution >= 0.6 is 0 Å². The van der Waals surface area contributed by atoms with Crippen molar-refractivity contribution in [2.24, 2.45) is 7.05 Å². The minimum atomic E-state index is 0.235. The lowest BCUT2D eigenvalue weighted by Gasteiger charge is -2.21. The standard InChI is InChI=1S/C19H21N3O/c1-21-10-4-8-17(21)18-9-5-11-22(18)13-19(23)15-12-20-16-7-3-2-6-14(15)16/h2-4,6-8,10,12,18,20H,5,9,11,13H2,1H3/p+1/t18-/m0/s1. The van der Waals surface area contributed by atoms with Gasteiger partial charge >= 0.3 is 0 Å². The molecule has 0 bridgehead atoms. The number of nitrogens with zero attached hydrogens (tertiary/aromatic N) is 1. The molecule has 4 rings (SSSR count). The van der Waals surface area contributed by atoms with Crippen LogP contribution in [0.3, 0.4) is 0 Å². The molecule has 1 aliphatic heterocycles. The van der Waals surface area contributed by atoms with Crippen LogP contribution < -0.4 is 4.90 Å². The predicted octanol–water partition coefficient (Wildman–Crippen LogP) is 2.11. The van der Waals surface area contributed by atoms with Gasteiger partial charge in [-0.3, -0.25) is 4.79 Å². The second-order valence-electron chi connectivity index (χ2n) is 6.49. The van der Waals surface area contributed by atoms with Crippen LogP contribution in [-0.2, 0) is 7.05 Å². The van der Waals surface area contributed by atoms with E-state index in [0.29, 0.717) is 12.6 Å². The molecule has 118 valence electrons. The third kappa shape index (κ3) is 2.49. The molecule has 0 aliphatic carbocycles. The Hall–Kier alpha value is -2.33. The molecule has 4 nitrogen and oxygen atoms in total. The van der Waals surface area contributed by atoms with Crippen LogP contribution in [0.4, 0.5) is 0 Å². The average molecular weight is 308 g/mol. The number of hydrogen-bond acceptors (Lipinski definition) is 1. The number of para-hydroxylation sites is 1. The molecule has 0 radical (unpaired) electrons. The predicted molar refractivity (Wildman–Crippen MR) is 90.7 cm³/mol. The highest BCUT2D eigenvalue weighted by Gasteiger charge is 2.33. The van der Waals surface area contributed by atoms with Gasteiger partial charge < -0.3 is 14.5 Å². The number of benzene rings is 1. The van der Waals surface area contributed by atoms with E-state index in [1.165, 1.54) is 17.0 Å². The van der Waals surface area contributed by atoms with Crippen molar-refractivity contribution in [1.29, 1.82) is 0 Å². The normalized spacial score (nSPS) is 21.1. The van der Waals surface area contributed by atoms with E-state index >= 15 is 0 Å². The van der Waals surface area contributed by atoms with Gasteiger partial charge in [-0.05, 0) is 18.2 Å². The van der Waals surface area contributed by atoms with E-state index in [2.05, 4.69) is 34.9 Å². The number of carbonyl (C=O) groups is 1. The molecular weight excluding hydrogens is 286 g/mol. The Morgan fingerprint density at radius 2 is 2.17 bits per heavy atom. The van der Waals surface area contributed by atoms with E-state index in [1.54, 1.807) is 0 Å². The summed E-state index contributed by atoms with van der Waals surface area (Å²) in [5, 5.41) is 1.03. The Labute approximate surface area is 135 Å². The highest BCUT2D eigenvalue weighted by Crippen LogP contribution is 2.20. The number of Topliss-reactive ketones (excluding diaryl/α,β-unsaturated/α-hetero) is 1. The summed E-state index contributed by atoms with van der Waals surface area (Å²) in [6.45, 7) is 1.64. The monoisotopic (exact) mass is 308 g/mol. The van der Waals surface area contributed by atoms with E-state index in [0.717, 1.165) is 29.4 Å². The highest BCUT2D eigenvalue weighted by molar-refractivity contribution is 6.08. The van der Waals surface area contributed by atoms with E-state index < -0.39 is 0 Å². The van der Waals surface area contributed by atoms with Crippen molar-refractivity contribution in [3.05, 3.63) is 60.0 Å². The third-order valence-corrected chi connectivity index (χ3v) is 5.10. The molecule has 0 amide bonds. The zero-order valence-electron chi connectivity index (χ0n) is 13.4. The number of quaternary nitrogens is 1. The molecule has 3 heterocycles. The minimum Gasteiger partial charge on any atom is -0.360 e. The highest BCUT2D eigenvalue weighted by atomic mass is 16.1. The smallest absolute Gasteiger partial charge is 0.219 e. The largest absolute Gasteiger partial charge is 0.360 e. The zero-order chi connectivity index (χ0) is 15.8. The maximum Gasteiger partial charge on any atom is 0.219 e. The molecule has 1 saturated heterocycles. The summed E-state index contributed by atoms with van der Waals surface area (Å²) < 4.78 is 2.19. The van der Waals surface area contributed by atoms with Crippen molar-refractivity contribution in [2.45, 2.75) is 18.9 Å². The van der Waals surface area contributed by atoms with Crippen molar-refractivity contribution < 1.29 is 9.69 Å². The number of hydrogen-bond donors (Lipinski definition) is 2. The van der Waals surface area contributed by atoms with Crippen LogP contribution in [0.1, 0.15) is 34.9 Å². The van der Waals surface area contributed by atoms with Crippen LogP contribution in [0.15, 0.2) is 48.8 Å². The fraction of sp³-hybridized carbons (Fsp3) is 0.316. The second kappa shape index (κ2) is 5.70. The molecule has 1 aromatic carbocycles. The van der Waals surface area contributed by atoms with Crippen LogP contribution in [0.5, 0.6) is 0 Å². The minimum absolute atomic E-state index is 0.235. The number of H-pyrrole nitrogens is 1. The molecule has 1 fully saturated rings. The van der Waals surface area contributed by atoms with Gasteiger partial charge in [0, 0.05) is 48.7 Å². The number of aromatic amines is 1. The van der Waals surface area contributed by atoms with Crippen molar-refractivity contribution in [3.63, 3.8) is 0 Å². The summed E-state index contributed by atoms with van der Waals surface area (Å²) in [6, 6.07) is 12.7. The van der Waals surface area contributed by atoms with E-state index in [9.17, 15) is 4.79 Å². The topological polar surface area (TPSA) is 42.2 Å². The van der Waals surface area contributed by atoms with Crippen LogP contribution in [-0.4, -0.2) is 28.4 Å². The Kier molecular flexibility index (Phi) is 3.54. The van der Waals surface area contributed by atoms with Gasteiger partial charge in [0.1, 0.15) is 12.6 Å². The van der Waals surface area contributed by atoms with Gasteiger partial charge in [0.05, 0.1) is 12.2 Å². The SMILES string of the molecule is Cn1cccc1[C@@H]1CCC[NH+]1CC(=O)c1c[nH]c2ccccc12. The number of likely N-dealkylation sites (tertiary alicyclic amines) is 1. The van der Waals surface area contributed by atoms with E-state index in [-0.39, 0.29) is 5.78 Å². The van der Waals surface area contributed by atoms with Crippen molar-refractivity contribution in [3.8, 4) is 0 Å². The molecule has 1 aliphatic rings. The average Bonchev–Trinajstić information content (AvgIpc) is 3.26. The van der Waals surface area contributed by atoms with Crippen LogP contribution in [0.2, 0.25) is 0 Å². The number of carbonyl (C=O) groups excluding carboxylic acids is 1. The summed E-state index contributed by atoms with van der Waals surface area (Å²) in [6.07, 6.45) is 6.30. The molecular formula is C19H22N3O+. The maximum absolute atomic E-state index is 12.8. The summed E-state index contributed by atoms with van der Waals surface area (Å²) >= 11 is 0. The first-order valence-electron chi connectivity index (χ1n) is 8.29. The Balaban J connectivity index is 1.57. The number of fused-ring (bicyclic) bond motifs is 1. The van der Waals surface area contributed by atoms with Gasteiger partial charge in [0.15, 0.2) is 0 Å². The molecule has 4 heteroatoms. The van der Waals surface area contributed by atoms with Crippen LogP contribution in [0, 0.1) is 0 Å². The van der Waals surface area contributed by atoms with E-state index in [1.807, 2.05) is 30.5 Å². The Morgan fingerprint density at radius 3 is 3.00 bits per heavy atom. The first-order chi connectivity index (χ1) is 11.2. The number of ketones is 1. The lowest BCUT2D eigenvalue weighted by Crippen LogP contribution is -3.11. The fourth-order valence-electron chi connectivity index (χ4n) is 3.92. The summed E-state index contributed by atoms with van der Waals surface area (Å²) in [5.41, 5.74) is 3.20. The molecule has 2 aromatic heterocycles. The zero-order valence-corrected chi connectivity index (χ0v) is 13.4. The molecule has 2 N–H and O–H groups in total. The number of rotatable bonds is 4. The van der Waals surface area contributed by atoms with Gasteiger partial charge in [0.2, 0.25) is 5.78 Å². The molecule has 2 atom stereocenters. The lowest BCUT2D eigenvalue weighted by atomic mass is 10.1. The first kappa shape index (κ1) is 14.3. The van der Waals surface area contributed by atoms with Crippen LogP contribution in [0.25, 0.3) is 10.9 Å². The second-order valence-corrected chi connectivity index (χ2v) is 6.49. The van der Waals surface area contributed by atoms with Gasteiger partial charge in [-0.2, -0.15) is 0 Å². The van der Waals surface area contributed by atoms with Gasteiger partial charge in [0.25, 0.3) is 0 Å². The molecule has 23 heavy (non-hydrogen) atoms. The molecule has 3 aromatic rings. The van der Waals surface area contributed by atoms with Crippen molar-refractivity contribution in [1.82, 2.24) is 9.55 Å². The van der Waals surface area contributed by atoms with Crippen molar-refractivity contribution >= 4 is 16.7 Å². The Bertz CT molecular complexity index is 845. The lowest BCUT2D eigenvalue weighted by molar-refractivity contribution is -0.910. The summed E-state index contributed by atoms with van der Waals surface area (Å²) in [7, 11) is 2.09. The maximum atomic E-state index is 12.8. The number of nitrogens with one attached hydrogen (secondary N) is 2. The number of aromatic nitrogens is 2. The van der Waals surface area contributed by atoms with Gasteiger partial charge in [-0.15, -0.1) is 0 Å². The molecule has 0 spiro atoms. The summed E-state index contributed by atoms with van der Waals surface area (Å²) in [5.74, 6) is 0.235. The molecule has 1 unspecified atom stereocenters. The number of aryl methyl sites for hydroxylation is 1. The summed E-state index contributed by atoms with van der Waals surface area (Å²) in [4.78, 5) is 17.4. The quantitative estimate of drug-likeness (QED) is 0.712.